The van der Waals surface area contributed by atoms with Gasteiger partial charge in [-0.05, 0) is 31.0 Å². The number of anilines is 1. The van der Waals surface area contributed by atoms with Crippen LogP contribution >= 0.6 is 0 Å². The van der Waals surface area contributed by atoms with E-state index in [1.807, 2.05) is 24.5 Å². The fraction of sp³-hybridized carbons (Fsp3) is 0.455. The monoisotopic (exact) mass is 482 g/mol. The number of aromatic nitrogens is 3. The first-order valence-corrected chi connectivity index (χ1v) is 12.4. The molecule has 178 valence electrons. The van der Waals surface area contributed by atoms with Crippen LogP contribution in [0.4, 0.5) is 19.1 Å². The molecule has 33 heavy (non-hydrogen) atoms. The third kappa shape index (κ3) is 4.19. The summed E-state index contributed by atoms with van der Waals surface area (Å²) in [6.45, 7) is 5.93. The molecule has 3 aromatic rings. The van der Waals surface area contributed by atoms with Crippen LogP contribution in [0.2, 0.25) is 0 Å². The van der Waals surface area contributed by atoms with E-state index in [2.05, 4.69) is 9.97 Å². The van der Waals surface area contributed by atoms with Gasteiger partial charge in [-0.2, -0.15) is 13.2 Å². The van der Waals surface area contributed by atoms with Crippen molar-refractivity contribution in [3.8, 4) is 0 Å². The predicted octanol–water partition coefficient (Wildman–Crippen LogP) is 4.12. The number of aliphatic hydroxyl groups is 1. The molecule has 1 aliphatic heterocycles. The summed E-state index contributed by atoms with van der Waals surface area (Å²) in [5.41, 5.74) is 0.105. The Labute approximate surface area is 189 Å². The normalized spacial score (nSPS) is 18.1. The van der Waals surface area contributed by atoms with Gasteiger partial charge in [-0.3, -0.25) is 0 Å². The Bertz CT molecular complexity index is 1320. The van der Waals surface area contributed by atoms with Crippen LogP contribution in [0.3, 0.4) is 0 Å². The van der Waals surface area contributed by atoms with Crippen molar-refractivity contribution < 1.29 is 26.7 Å². The molecule has 11 heteroatoms. The minimum absolute atomic E-state index is 0.00267. The van der Waals surface area contributed by atoms with Crippen LogP contribution in [0.15, 0.2) is 35.4 Å². The van der Waals surface area contributed by atoms with Crippen LogP contribution in [0.5, 0.6) is 0 Å². The fourth-order valence-electron chi connectivity index (χ4n) is 4.47. The number of alkyl halides is 3. The molecule has 2 aromatic heterocycles. The summed E-state index contributed by atoms with van der Waals surface area (Å²) in [7, 11) is -3.38. The number of hydrogen-bond acceptors (Lipinski definition) is 6. The first kappa shape index (κ1) is 23.5. The number of halogens is 3. The molecule has 0 saturated carbocycles. The number of sulfone groups is 1. The van der Waals surface area contributed by atoms with Gasteiger partial charge in [0.25, 0.3) is 0 Å². The van der Waals surface area contributed by atoms with Gasteiger partial charge in [-0.15, -0.1) is 0 Å². The van der Waals surface area contributed by atoms with E-state index in [0.717, 1.165) is 29.0 Å². The maximum absolute atomic E-state index is 13.7. The highest BCUT2D eigenvalue weighted by molar-refractivity contribution is 7.90. The molecule has 1 aromatic carbocycles. The van der Waals surface area contributed by atoms with E-state index in [-0.39, 0.29) is 28.4 Å². The summed E-state index contributed by atoms with van der Waals surface area (Å²) in [4.78, 5) is 9.97. The molecule has 0 saturated heterocycles. The molecule has 1 N–H and O–H groups in total. The molecule has 3 heterocycles. The third-order valence-corrected chi connectivity index (χ3v) is 7.06. The zero-order chi connectivity index (χ0) is 24.3. The minimum Gasteiger partial charge on any atom is -0.389 e. The highest BCUT2D eigenvalue weighted by Gasteiger charge is 2.39. The first-order chi connectivity index (χ1) is 15.3. The van der Waals surface area contributed by atoms with Gasteiger partial charge in [0.05, 0.1) is 17.0 Å². The lowest BCUT2D eigenvalue weighted by Gasteiger charge is -2.39. The average Bonchev–Trinajstić information content (AvgIpc) is 3.08. The molecular weight excluding hydrogens is 457 g/mol. The Kier molecular flexibility index (Phi) is 5.68. The summed E-state index contributed by atoms with van der Waals surface area (Å²) >= 11 is 0. The Hall–Kier alpha value is -2.66. The number of nitrogens with zero attached hydrogens (tertiary/aromatic N) is 4. The maximum Gasteiger partial charge on any atom is 0.433 e. The highest BCUT2D eigenvalue weighted by atomic mass is 32.2. The van der Waals surface area contributed by atoms with Crippen molar-refractivity contribution >= 4 is 26.7 Å². The lowest BCUT2D eigenvalue weighted by Crippen LogP contribution is -2.41. The second kappa shape index (κ2) is 7.98. The van der Waals surface area contributed by atoms with Crippen molar-refractivity contribution in [2.75, 3.05) is 17.7 Å². The van der Waals surface area contributed by atoms with Gasteiger partial charge in [0.2, 0.25) is 5.95 Å². The van der Waals surface area contributed by atoms with E-state index in [9.17, 15) is 26.7 Å². The van der Waals surface area contributed by atoms with E-state index in [1.165, 1.54) is 6.92 Å². The van der Waals surface area contributed by atoms with Gasteiger partial charge in [0, 0.05) is 47.7 Å². The lowest BCUT2D eigenvalue weighted by molar-refractivity contribution is -0.142. The number of benzene rings is 1. The van der Waals surface area contributed by atoms with Crippen molar-refractivity contribution in [1.29, 1.82) is 0 Å². The van der Waals surface area contributed by atoms with Crippen LogP contribution in [0.25, 0.3) is 10.9 Å². The largest absolute Gasteiger partial charge is 0.433 e. The van der Waals surface area contributed by atoms with Gasteiger partial charge >= 0.3 is 6.18 Å². The fourth-order valence-corrected chi connectivity index (χ4v) is 5.11. The lowest BCUT2D eigenvalue weighted by atomic mass is 9.97. The van der Waals surface area contributed by atoms with Crippen molar-refractivity contribution in [2.45, 2.75) is 50.5 Å². The van der Waals surface area contributed by atoms with Crippen LogP contribution in [-0.2, 0) is 22.6 Å². The van der Waals surface area contributed by atoms with Crippen molar-refractivity contribution in [3.05, 3.63) is 47.4 Å². The summed E-state index contributed by atoms with van der Waals surface area (Å²) in [5.74, 6) is -0.0594. The molecule has 7 nitrogen and oxygen atoms in total. The standard InChI is InChI=1S/C22H25F3N4O3S/c1-12(2)19-18-9-14-5-6-15(33(4,31)32)10-17(14)28(18)7-8-29(19)21-26-11-16(13(3)30)20(27-21)22(23,24)25/h5-6,9-13,19,30H,7-8H2,1-4H3/t13?,19-/m1/s1. The van der Waals surface area contributed by atoms with E-state index in [4.69, 9.17) is 0 Å². The smallest absolute Gasteiger partial charge is 0.389 e. The minimum atomic E-state index is -4.73. The molecule has 0 bridgehead atoms. The summed E-state index contributed by atoms with van der Waals surface area (Å²) in [5, 5.41) is 10.6. The van der Waals surface area contributed by atoms with Crippen molar-refractivity contribution in [2.24, 2.45) is 5.92 Å². The zero-order valence-electron chi connectivity index (χ0n) is 18.6. The Morgan fingerprint density at radius 3 is 2.42 bits per heavy atom. The Morgan fingerprint density at radius 1 is 1.15 bits per heavy atom. The summed E-state index contributed by atoms with van der Waals surface area (Å²) < 4.78 is 67.0. The zero-order valence-corrected chi connectivity index (χ0v) is 19.4. The third-order valence-electron chi connectivity index (χ3n) is 5.95. The second-order valence-electron chi connectivity index (χ2n) is 8.74. The summed E-state index contributed by atoms with van der Waals surface area (Å²) in [6, 6.07) is 6.55. The molecule has 2 atom stereocenters. The number of fused-ring (bicyclic) bond motifs is 3. The first-order valence-electron chi connectivity index (χ1n) is 10.5. The van der Waals surface area contributed by atoms with Crippen LogP contribution in [0, 0.1) is 5.92 Å². The Balaban J connectivity index is 1.84. The van der Waals surface area contributed by atoms with E-state index in [0.29, 0.717) is 13.1 Å². The molecule has 1 aliphatic rings. The molecule has 0 fully saturated rings. The quantitative estimate of drug-likeness (QED) is 0.602. The molecule has 0 spiro atoms. The molecule has 1 unspecified atom stereocenters. The Morgan fingerprint density at radius 2 is 1.85 bits per heavy atom. The van der Waals surface area contributed by atoms with Gasteiger partial charge in [-0.1, -0.05) is 19.9 Å². The van der Waals surface area contributed by atoms with Crippen LogP contribution in [-0.4, -0.2) is 40.9 Å². The topological polar surface area (TPSA) is 88.3 Å². The number of aliphatic hydroxyl groups excluding tert-OH is 1. The van der Waals surface area contributed by atoms with Gasteiger partial charge in [-0.25, -0.2) is 18.4 Å². The van der Waals surface area contributed by atoms with E-state index < -0.39 is 27.8 Å². The van der Waals surface area contributed by atoms with Crippen molar-refractivity contribution in [1.82, 2.24) is 14.5 Å². The second-order valence-corrected chi connectivity index (χ2v) is 10.8. The number of hydrogen-bond donors (Lipinski definition) is 1. The van der Waals surface area contributed by atoms with E-state index in [1.54, 1.807) is 23.1 Å². The molecule has 0 radical (unpaired) electrons. The van der Waals surface area contributed by atoms with Crippen LogP contribution < -0.4 is 4.90 Å². The van der Waals surface area contributed by atoms with Gasteiger partial charge in [0.15, 0.2) is 15.5 Å². The SMILES string of the molecule is CC(O)c1cnc(N2CCn3c(cc4ccc(S(C)(=O)=O)cc43)[C@H]2C(C)C)nc1C(F)(F)F. The highest BCUT2D eigenvalue weighted by Crippen LogP contribution is 2.40. The predicted molar refractivity (Wildman–Crippen MR) is 118 cm³/mol. The molecular formula is C22H25F3N4O3S. The summed E-state index contributed by atoms with van der Waals surface area (Å²) in [6.07, 6.45) is -3.90. The average molecular weight is 483 g/mol. The van der Waals surface area contributed by atoms with Gasteiger partial charge < -0.3 is 14.6 Å². The van der Waals surface area contributed by atoms with Crippen LogP contribution in [0.1, 0.15) is 49.9 Å². The van der Waals surface area contributed by atoms with Crippen molar-refractivity contribution in [3.63, 3.8) is 0 Å². The molecule has 0 aliphatic carbocycles. The number of rotatable bonds is 4. The molecule has 0 amide bonds. The van der Waals surface area contributed by atoms with Gasteiger partial charge in [0.1, 0.15) is 0 Å². The molecule has 4 rings (SSSR count). The maximum atomic E-state index is 13.7. The van der Waals surface area contributed by atoms with E-state index >= 15 is 0 Å².